The Kier molecular flexibility index (Phi) is 3.47. The Morgan fingerprint density at radius 3 is 2.83 bits per heavy atom. The molecule has 1 amide bonds. The van der Waals surface area contributed by atoms with Gasteiger partial charge in [-0.05, 0) is 56.1 Å². The molecule has 4 rings (SSSR count). The van der Waals surface area contributed by atoms with E-state index in [2.05, 4.69) is 12.2 Å². The van der Waals surface area contributed by atoms with Gasteiger partial charge in [0.05, 0.1) is 5.39 Å². The molecule has 0 saturated heterocycles. The second-order valence-electron chi connectivity index (χ2n) is 7.07. The lowest BCUT2D eigenvalue weighted by atomic mass is 9.84. The van der Waals surface area contributed by atoms with Crippen LogP contribution in [0.2, 0.25) is 0 Å². The van der Waals surface area contributed by atoms with Crippen LogP contribution in [0.25, 0.3) is 11.0 Å². The fraction of sp³-hybridized carbons (Fsp3) is 0.474. The highest BCUT2D eigenvalue weighted by molar-refractivity contribution is 5.93. The van der Waals surface area contributed by atoms with Crippen LogP contribution in [0, 0.1) is 17.8 Å². The average molecular weight is 311 g/mol. The van der Waals surface area contributed by atoms with E-state index in [1.807, 2.05) is 0 Å². The van der Waals surface area contributed by atoms with Crippen LogP contribution in [-0.4, -0.2) is 11.9 Å². The molecule has 0 radical (unpaired) electrons. The first-order chi connectivity index (χ1) is 11.1. The number of hydrogen-bond donors (Lipinski definition) is 1. The number of para-hydroxylation sites is 1. The van der Waals surface area contributed by atoms with E-state index in [-0.39, 0.29) is 23.1 Å². The van der Waals surface area contributed by atoms with Crippen LogP contribution in [-0.2, 0) is 0 Å². The minimum Gasteiger partial charge on any atom is -0.451 e. The standard InChI is InChI=1S/C19H21NO3/c1-11(15-9-12-6-7-13(15)8-12)20-19(22)18-10-16(21)14-4-2-3-5-17(14)23-18/h2-5,10-13,15H,6-9H2,1H3,(H,20,22)/t11-,12+,13+,15-/m1/s1. The topological polar surface area (TPSA) is 59.3 Å². The van der Waals surface area contributed by atoms with Gasteiger partial charge in [-0.2, -0.15) is 0 Å². The molecule has 0 unspecified atom stereocenters. The second-order valence-corrected chi connectivity index (χ2v) is 7.07. The summed E-state index contributed by atoms with van der Waals surface area (Å²) in [5, 5.41) is 3.55. The molecule has 2 aromatic rings. The predicted octanol–water partition coefficient (Wildman–Crippen LogP) is 3.35. The van der Waals surface area contributed by atoms with Crippen molar-refractivity contribution >= 4 is 16.9 Å². The van der Waals surface area contributed by atoms with Gasteiger partial charge in [0, 0.05) is 12.1 Å². The second kappa shape index (κ2) is 5.52. The smallest absolute Gasteiger partial charge is 0.287 e. The van der Waals surface area contributed by atoms with Crippen LogP contribution in [0.3, 0.4) is 0 Å². The molecule has 23 heavy (non-hydrogen) atoms. The van der Waals surface area contributed by atoms with Crippen LogP contribution < -0.4 is 10.7 Å². The van der Waals surface area contributed by atoms with Gasteiger partial charge >= 0.3 is 0 Å². The summed E-state index contributed by atoms with van der Waals surface area (Å²) >= 11 is 0. The number of fused-ring (bicyclic) bond motifs is 3. The summed E-state index contributed by atoms with van der Waals surface area (Å²) in [7, 11) is 0. The van der Waals surface area contributed by atoms with Crippen molar-refractivity contribution in [1.82, 2.24) is 5.32 Å². The van der Waals surface area contributed by atoms with Crippen molar-refractivity contribution in [3.8, 4) is 0 Å². The Balaban J connectivity index is 1.54. The van der Waals surface area contributed by atoms with Crippen molar-refractivity contribution in [1.29, 1.82) is 0 Å². The van der Waals surface area contributed by atoms with Crippen LogP contribution in [0.1, 0.15) is 43.2 Å². The summed E-state index contributed by atoms with van der Waals surface area (Å²) < 4.78 is 5.62. The molecule has 2 aliphatic carbocycles. The quantitative estimate of drug-likeness (QED) is 0.945. The first-order valence-electron chi connectivity index (χ1n) is 8.45. The van der Waals surface area contributed by atoms with Crippen molar-refractivity contribution in [3.63, 3.8) is 0 Å². The summed E-state index contributed by atoms with van der Waals surface area (Å²) in [4.78, 5) is 24.6. The Morgan fingerprint density at radius 1 is 1.26 bits per heavy atom. The van der Waals surface area contributed by atoms with E-state index >= 15 is 0 Å². The summed E-state index contributed by atoms with van der Waals surface area (Å²) in [6.07, 6.45) is 5.17. The Hall–Kier alpha value is -2.10. The highest BCUT2D eigenvalue weighted by Crippen LogP contribution is 2.49. The summed E-state index contributed by atoms with van der Waals surface area (Å²) in [5.41, 5.74) is 0.280. The van der Waals surface area contributed by atoms with Gasteiger partial charge in [-0.25, -0.2) is 0 Å². The van der Waals surface area contributed by atoms with Gasteiger partial charge < -0.3 is 9.73 Å². The van der Waals surface area contributed by atoms with Gasteiger partial charge in [0.15, 0.2) is 11.2 Å². The Labute approximate surface area is 134 Å². The molecule has 1 N–H and O–H groups in total. The van der Waals surface area contributed by atoms with Gasteiger partial charge in [0.2, 0.25) is 0 Å². The van der Waals surface area contributed by atoms with Gasteiger partial charge in [-0.3, -0.25) is 9.59 Å². The van der Waals surface area contributed by atoms with Crippen LogP contribution in [0.4, 0.5) is 0 Å². The summed E-state index contributed by atoms with van der Waals surface area (Å²) in [5.74, 6) is 1.97. The van der Waals surface area contributed by atoms with E-state index in [9.17, 15) is 9.59 Å². The third-order valence-electron chi connectivity index (χ3n) is 5.65. The first-order valence-corrected chi connectivity index (χ1v) is 8.45. The van der Waals surface area contributed by atoms with Crippen LogP contribution >= 0.6 is 0 Å². The molecular weight excluding hydrogens is 290 g/mol. The third kappa shape index (κ3) is 2.56. The molecule has 1 heterocycles. The fourth-order valence-corrected chi connectivity index (χ4v) is 4.51. The first kappa shape index (κ1) is 14.5. The van der Waals surface area contributed by atoms with E-state index < -0.39 is 0 Å². The molecule has 1 aromatic heterocycles. The number of carbonyl (C=O) groups is 1. The molecule has 4 heteroatoms. The van der Waals surface area contributed by atoms with Crippen LogP contribution in [0.15, 0.2) is 39.5 Å². The number of amides is 1. The summed E-state index contributed by atoms with van der Waals surface area (Å²) in [6.45, 7) is 2.07. The van der Waals surface area contributed by atoms with Gasteiger partial charge in [-0.15, -0.1) is 0 Å². The minimum atomic E-state index is -0.289. The molecular formula is C19H21NO3. The zero-order chi connectivity index (χ0) is 16.0. The molecule has 4 atom stereocenters. The fourth-order valence-electron chi connectivity index (χ4n) is 4.51. The van der Waals surface area contributed by atoms with Crippen LogP contribution in [0.5, 0.6) is 0 Å². The SMILES string of the molecule is C[C@@H](NC(=O)c1cc(=O)c2ccccc2o1)[C@H]1C[C@H]2CC[C@H]1C2. The molecule has 2 saturated carbocycles. The van der Waals surface area contributed by atoms with E-state index in [0.717, 1.165) is 11.8 Å². The van der Waals surface area contributed by atoms with Crippen molar-refractivity contribution in [2.45, 2.75) is 38.6 Å². The summed E-state index contributed by atoms with van der Waals surface area (Å²) in [6, 6.07) is 8.43. The Bertz CT molecular complexity index is 810. The molecule has 2 aliphatic rings. The number of benzene rings is 1. The maximum Gasteiger partial charge on any atom is 0.287 e. The van der Waals surface area contributed by atoms with Crippen molar-refractivity contribution in [2.24, 2.45) is 17.8 Å². The number of carbonyl (C=O) groups excluding carboxylic acids is 1. The van der Waals surface area contributed by atoms with Crippen molar-refractivity contribution < 1.29 is 9.21 Å². The monoisotopic (exact) mass is 311 g/mol. The number of rotatable bonds is 3. The molecule has 120 valence electrons. The van der Waals surface area contributed by atoms with Crippen molar-refractivity contribution in [3.05, 3.63) is 46.3 Å². The maximum absolute atomic E-state index is 12.5. The van der Waals surface area contributed by atoms with E-state index in [1.54, 1.807) is 24.3 Å². The average Bonchev–Trinajstić information content (AvgIpc) is 3.18. The van der Waals surface area contributed by atoms with Gasteiger partial charge in [-0.1, -0.05) is 18.6 Å². The molecule has 2 bridgehead atoms. The van der Waals surface area contributed by atoms with Gasteiger partial charge in [0.25, 0.3) is 5.91 Å². The lowest BCUT2D eigenvalue weighted by Crippen LogP contribution is -2.40. The highest BCUT2D eigenvalue weighted by Gasteiger charge is 2.42. The minimum absolute atomic E-state index is 0.101. The lowest BCUT2D eigenvalue weighted by molar-refractivity contribution is 0.0887. The lowest BCUT2D eigenvalue weighted by Gasteiger charge is -2.28. The van der Waals surface area contributed by atoms with E-state index in [0.29, 0.717) is 16.9 Å². The molecule has 0 aliphatic heterocycles. The van der Waals surface area contributed by atoms with Gasteiger partial charge in [0.1, 0.15) is 5.58 Å². The third-order valence-corrected chi connectivity index (χ3v) is 5.65. The Morgan fingerprint density at radius 2 is 2.09 bits per heavy atom. The normalized spacial score (nSPS) is 27.3. The zero-order valence-corrected chi connectivity index (χ0v) is 13.2. The number of hydrogen-bond acceptors (Lipinski definition) is 3. The highest BCUT2D eigenvalue weighted by atomic mass is 16.3. The molecule has 2 fully saturated rings. The maximum atomic E-state index is 12.5. The molecule has 1 aromatic carbocycles. The number of nitrogens with one attached hydrogen (secondary N) is 1. The zero-order valence-electron chi connectivity index (χ0n) is 13.2. The largest absolute Gasteiger partial charge is 0.451 e. The molecule has 0 spiro atoms. The van der Waals surface area contributed by atoms with Crippen molar-refractivity contribution in [2.75, 3.05) is 0 Å². The van der Waals surface area contributed by atoms with E-state index in [1.165, 1.54) is 31.7 Å². The van der Waals surface area contributed by atoms with E-state index in [4.69, 9.17) is 4.42 Å². The predicted molar refractivity (Wildman–Crippen MR) is 88.4 cm³/mol. The molecule has 4 nitrogen and oxygen atoms in total.